The molecule has 1 heterocycles. The normalized spacial score (nSPS) is 10.9. The number of hydrogen-bond acceptors (Lipinski definition) is 2. The smallest absolute Gasteiger partial charge is 0.266 e. The van der Waals surface area contributed by atoms with Gasteiger partial charge in [-0.15, -0.1) is 0 Å². The molecule has 72 valence electrons. The Morgan fingerprint density at radius 1 is 1.46 bits per heavy atom. The summed E-state index contributed by atoms with van der Waals surface area (Å²) in [4.78, 5) is 3.89. The van der Waals surface area contributed by atoms with Gasteiger partial charge in [0.05, 0.1) is 12.2 Å². The molecule has 1 aromatic rings. The molecule has 0 aliphatic carbocycles. The minimum atomic E-state index is -2.58. The fourth-order valence-corrected chi connectivity index (χ4v) is 2.82. The Balaban J connectivity index is 3.30. The van der Waals surface area contributed by atoms with E-state index in [1.54, 1.807) is 22.6 Å². The number of nitrogens with zero attached hydrogens (tertiary/aromatic N) is 1. The maximum Gasteiger partial charge on any atom is 0.266 e. The van der Waals surface area contributed by atoms with E-state index in [2.05, 4.69) is 4.98 Å². The molecule has 0 aromatic carbocycles. The third-order valence-corrected chi connectivity index (χ3v) is 2.83. The van der Waals surface area contributed by atoms with Crippen LogP contribution in [0.2, 0.25) is 0 Å². The topological polar surface area (TPSA) is 33.1 Å². The van der Waals surface area contributed by atoms with Gasteiger partial charge in [-0.3, -0.25) is 0 Å². The van der Waals surface area contributed by atoms with Crippen LogP contribution in [0.4, 0.5) is 8.78 Å². The highest BCUT2D eigenvalue weighted by Gasteiger charge is 2.18. The molecule has 0 saturated carbocycles. The Kier molecular flexibility index (Phi) is 4.23. The van der Waals surface area contributed by atoms with Crippen LogP contribution in [0.25, 0.3) is 0 Å². The highest BCUT2D eigenvalue weighted by molar-refractivity contribution is 14.1. The average molecular weight is 411 g/mol. The lowest BCUT2D eigenvalue weighted by Gasteiger charge is -2.08. The molecule has 1 rings (SSSR count). The maximum atomic E-state index is 12.4. The SMILES string of the molecule is OCc1cc(I)nc(I)c1C(F)F. The number of hydrogen-bond donors (Lipinski definition) is 1. The van der Waals surface area contributed by atoms with E-state index in [0.717, 1.165) is 0 Å². The first-order chi connectivity index (χ1) is 6.06. The van der Waals surface area contributed by atoms with Crippen LogP contribution in [0.3, 0.4) is 0 Å². The summed E-state index contributed by atoms with van der Waals surface area (Å²) in [6, 6.07) is 1.46. The van der Waals surface area contributed by atoms with Gasteiger partial charge < -0.3 is 5.11 Å². The Bertz CT molecular complexity index is 320. The van der Waals surface area contributed by atoms with E-state index in [1.165, 1.54) is 6.07 Å². The number of halogens is 4. The van der Waals surface area contributed by atoms with Gasteiger partial charge in [-0.05, 0) is 56.8 Å². The number of alkyl halides is 2. The number of aromatic nitrogens is 1. The lowest BCUT2D eigenvalue weighted by Crippen LogP contribution is -2.02. The lowest BCUT2D eigenvalue weighted by molar-refractivity contribution is 0.145. The van der Waals surface area contributed by atoms with Gasteiger partial charge >= 0.3 is 0 Å². The number of aliphatic hydroxyl groups excluding tert-OH is 1. The van der Waals surface area contributed by atoms with Crippen molar-refractivity contribution in [2.45, 2.75) is 13.0 Å². The minimum absolute atomic E-state index is 0.163. The van der Waals surface area contributed by atoms with E-state index in [9.17, 15) is 8.78 Å². The summed E-state index contributed by atoms with van der Waals surface area (Å²) in [6.45, 7) is -0.381. The first kappa shape index (κ1) is 11.5. The zero-order valence-corrected chi connectivity index (χ0v) is 10.6. The molecule has 0 spiro atoms. The van der Waals surface area contributed by atoms with E-state index in [-0.39, 0.29) is 21.4 Å². The van der Waals surface area contributed by atoms with E-state index in [4.69, 9.17) is 5.11 Å². The van der Waals surface area contributed by atoms with E-state index >= 15 is 0 Å². The quantitative estimate of drug-likeness (QED) is 0.600. The standard InChI is InChI=1S/C7H5F2I2NO/c8-6(9)5-3(2-13)1-4(10)12-7(5)11/h1,6,13H,2H2. The molecule has 1 N–H and O–H groups in total. The summed E-state index contributed by atoms with van der Waals surface area (Å²) < 4.78 is 25.8. The molecule has 0 unspecified atom stereocenters. The zero-order chi connectivity index (χ0) is 10.0. The fraction of sp³-hybridized carbons (Fsp3) is 0.286. The molecule has 0 amide bonds. The van der Waals surface area contributed by atoms with Crippen molar-refractivity contribution in [2.75, 3.05) is 0 Å². The molecule has 1 aromatic heterocycles. The second-order valence-electron chi connectivity index (χ2n) is 2.27. The second-order valence-corrected chi connectivity index (χ2v) is 4.39. The predicted molar refractivity (Wildman–Crippen MR) is 60.6 cm³/mol. The number of aliphatic hydroxyl groups is 1. The molecule has 0 fully saturated rings. The van der Waals surface area contributed by atoms with Crippen LogP contribution in [-0.2, 0) is 6.61 Å². The molecule has 2 nitrogen and oxygen atoms in total. The van der Waals surface area contributed by atoms with Gasteiger partial charge in [0.15, 0.2) is 0 Å². The molecule has 6 heteroatoms. The van der Waals surface area contributed by atoms with Gasteiger partial charge in [0, 0.05) is 0 Å². The van der Waals surface area contributed by atoms with Crippen molar-refractivity contribution in [3.8, 4) is 0 Å². The molecule has 0 aliphatic rings. The highest BCUT2D eigenvalue weighted by Crippen LogP contribution is 2.27. The van der Waals surface area contributed by atoms with E-state index in [1.807, 2.05) is 22.6 Å². The Hall–Kier alpha value is 0.430. The van der Waals surface area contributed by atoms with Crippen LogP contribution < -0.4 is 0 Å². The zero-order valence-electron chi connectivity index (χ0n) is 6.27. The van der Waals surface area contributed by atoms with Crippen molar-refractivity contribution < 1.29 is 13.9 Å². The van der Waals surface area contributed by atoms with Crippen LogP contribution in [0, 0.1) is 7.40 Å². The molecule has 13 heavy (non-hydrogen) atoms. The van der Waals surface area contributed by atoms with Gasteiger partial charge in [-0.1, -0.05) is 0 Å². The Morgan fingerprint density at radius 3 is 2.54 bits per heavy atom. The Morgan fingerprint density at radius 2 is 2.08 bits per heavy atom. The largest absolute Gasteiger partial charge is 0.392 e. The van der Waals surface area contributed by atoms with Crippen molar-refractivity contribution in [1.29, 1.82) is 0 Å². The molecule has 0 aliphatic heterocycles. The predicted octanol–water partition coefficient (Wildman–Crippen LogP) is 2.72. The van der Waals surface area contributed by atoms with Crippen LogP contribution in [0.5, 0.6) is 0 Å². The molecular weight excluding hydrogens is 406 g/mol. The summed E-state index contributed by atoms with van der Waals surface area (Å²) in [5.74, 6) is 0. The summed E-state index contributed by atoms with van der Waals surface area (Å²) >= 11 is 3.67. The minimum Gasteiger partial charge on any atom is -0.392 e. The molecule has 0 radical (unpaired) electrons. The third kappa shape index (κ3) is 2.69. The summed E-state index contributed by atoms with van der Waals surface area (Å²) in [5.41, 5.74) is 0.0855. The summed E-state index contributed by atoms with van der Waals surface area (Å²) in [6.07, 6.45) is -2.58. The van der Waals surface area contributed by atoms with Crippen LogP contribution >= 0.6 is 45.2 Å². The van der Waals surface area contributed by atoms with Gasteiger partial charge in [0.1, 0.15) is 7.40 Å². The number of pyridine rings is 1. The van der Waals surface area contributed by atoms with Crippen molar-refractivity contribution in [3.63, 3.8) is 0 Å². The summed E-state index contributed by atoms with van der Waals surface area (Å²) in [7, 11) is 0. The van der Waals surface area contributed by atoms with Crippen molar-refractivity contribution in [3.05, 3.63) is 24.6 Å². The van der Waals surface area contributed by atoms with Gasteiger partial charge in [0.25, 0.3) is 6.43 Å². The third-order valence-electron chi connectivity index (χ3n) is 1.46. The van der Waals surface area contributed by atoms with Crippen LogP contribution in [0.15, 0.2) is 6.07 Å². The maximum absolute atomic E-state index is 12.4. The Labute approximate surface area is 101 Å². The summed E-state index contributed by atoms with van der Waals surface area (Å²) in [5, 5.41) is 8.85. The van der Waals surface area contributed by atoms with Gasteiger partial charge in [-0.25, -0.2) is 13.8 Å². The van der Waals surface area contributed by atoms with Gasteiger partial charge in [-0.2, -0.15) is 0 Å². The molecular formula is C7H5F2I2NO. The monoisotopic (exact) mass is 411 g/mol. The molecule has 0 saturated heterocycles. The van der Waals surface area contributed by atoms with Crippen molar-refractivity contribution >= 4 is 45.2 Å². The van der Waals surface area contributed by atoms with E-state index < -0.39 is 6.43 Å². The molecule has 0 bridgehead atoms. The average Bonchev–Trinajstić information content (AvgIpc) is 2.01. The van der Waals surface area contributed by atoms with Crippen LogP contribution in [0.1, 0.15) is 17.6 Å². The fourth-order valence-electron chi connectivity index (χ4n) is 0.901. The van der Waals surface area contributed by atoms with Crippen molar-refractivity contribution in [1.82, 2.24) is 4.98 Å². The van der Waals surface area contributed by atoms with Crippen LogP contribution in [-0.4, -0.2) is 10.1 Å². The number of rotatable bonds is 2. The van der Waals surface area contributed by atoms with E-state index in [0.29, 0.717) is 3.70 Å². The van der Waals surface area contributed by atoms with Crippen molar-refractivity contribution in [2.24, 2.45) is 0 Å². The first-order valence-electron chi connectivity index (χ1n) is 3.30. The second kappa shape index (κ2) is 4.78. The van der Waals surface area contributed by atoms with Gasteiger partial charge in [0.2, 0.25) is 0 Å². The first-order valence-corrected chi connectivity index (χ1v) is 5.45. The highest BCUT2D eigenvalue weighted by atomic mass is 127. The lowest BCUT2D eigenvalue weighted by atomic mass is 10.1. The molecule has 0 atom stereocenters.